The predicted molar refractivity (Wildman–Crippen MR) is 265 cm³/mol. The lowest BCUT2D eigenvalue weighted by Gasteiger charge is -2.43. The van der Waals surface area contributed by atoms with Crippen LogP contribution >= 0.6 is 0 Å². The van der Waals surface area contributed by atoms with Crippen LogP contribution in [0.1, 0.15) is 63.4 Å². The first-order valence-corrected chi connectivity index (χ1v) is 29.1. The predicted octanol–water partition coefficient (Wildman–Crippen LogP) is 12.7. The summed E-state index contributed by atoms with van der Waals surface area (Å²) in [5.41, 5.74) is 10.9. The fraction of sp³-hybridized carbons (Fsp3) is 0.309. The summed E-state index contributed by atoms with van der Waals surface area (Å²) in [5.74, 6) is 0.747. The first-order chi connectivity index (χ1) is 29.3. The second kappa shape index (κ2) is 14.8. The maximum atomic E-state index is 2.70. The fourth-order valence-electron chi connectivity index (χ4n) is 11.9. The second-order valence-electron chi connectivity index (χ2n) is 19.4. The molecule has 7 aromatic carbocycles. The highest BCUT2D eigenvalue weighted by molar-refractivity contribution is 7.03. The van der Waals surface area contributed by atoms with Crippen LogP contribution in [0.15, 0.2) is 133 Å². The number of hydrogen-bond donors (Lipinski definition) is 0. The van der Waals surface area contributed by atoms with Gasteiger partial charge in [-0.15, -0.1) is 0 Å². The fourth-order valence-corrected chi connectivity index (χ4v) is 17.9. The SMILES string of the molecule is C[Si]1(C)c2ccccc2N(c2c3ccc(N4CCCCC4)cc3c(N3c4ccccc4[Si](C)(C)c4ccccc43)c3ccc(CC4CCCCCC4)cc23)c2ccccc21. The van der Waals surface area contributed by atoms with E-state index in [4.69, 9.17) is 0 Å². The molecule has 5 heteroatoms. The van der Waals surface area contributed by atoms with Crippen LogP contribution in [-0.2, 0) is 6.42 Å². The smallest absolute Gasteiger partial charge is 0.117 e. The van der Waals surface area contributed by atoms with Crippen LogP contribution < -0.4 is 35.4 Å². The van der Waals surface area contributed by atoms with Crippen molar-refractivity contribution in [1.82, 2.24) is 0 Å². The van der Waals surface area contributed by atoms with Crippen molar-refractivity contribution in [2.45, 2.75) is 90.4 Å². The molecule has 0 radical (unpaired) electrons. The van der Waals surface area contributed by atoms with Crippen molar-refractivity contribution in [3.63, 3.8) is 0 Å². The van der Waals surface area contributed by atoms with E-state index >= 15 is 0 Å². The van der Waals surface area contributed by atoms with E-state index in [1.54, 1.807) is 0 Å². The van der Waals surface area contributed by atoms with Crippen LogP contribution in [0.25, 0.3) is 21.5 Å². The highest BCUT2D eigenvalue weighted by Crippen LogP contribution is 2.53. The normalized spacial score (nSPS) is 18.4. The average Bonchev–Trinajstić information content (AvgIpc) is 3.56. The summed E-state index contributed by atoms with van der Waals surface area (Å²) >= 11 is 0. The van der Waals surface area contributed by atoms with Gasteiger partial charge in [0.15, 0.2) is 0 Å². The number of benzene rings is 7. The third-order valence-electron chi connectivity index (χ3n) is 15.0. The van der Waals surface area contributed by atoms with E-state index < -0.39 is 16.1 Å². The molecule has 60 heavy (non-hydrogen) atoms. The van der Waals surface area contributed by atoms with Crippen LogP contribution in [0.4, 0.5) is 39.8 Å². The van der Waals surface area contributed by atoms with Gasteiger partial charge in [-0.05, 0) is 100 Å². The lowest BCUT2D eigenvalue weighted by atomic mass is 9.89. The Morgan fingerprint density at radius 2 is 0.850 bits per heavy atom. The largest absolute Gasteiger partial charge is 0.372 e. The van der Waals surface area contributed by atoms with Gasteiger partial charge in [0.1, 0.15) is 16.1 Å². The third-order valence-corrected chi connectivity index (χ3v) is 22.1. The van der Waals surface area contributed by atoms with Crippen molar-refractivity contribution in [3.05, 3.63) is 139 Å². The van der Waals surface area contributed by atoms with E-state index in [1.807, 2.05) is 0 Å². The number of para-hydroxylation sites is 4. The highest BCUT2D eigenvalue weighted by atomic mass is 28.3. The molecule has 0 atom stereocenters. The first-order valence-electron chi connectivity index (χ1n) is 23.1. The van der Waals surface area contributed by atoms with Gasteiger partial charge in [0.2, 0.25) is 0 Å². The molecular formula is C55H59N3Si2. The molecule has 7 aromatic rings. The lowest BCUT2D eigenvalue weighted by Crippen LogP contribution is -2.58. The second-order valence-corrected chi connectivity index (χ2v) is 28.1. The first kappa shape index (κ1) is 37.9. The molecule has 1 aliphatic carbocycles. The molecule has 0 amide bonds. The van der Waals surface area contributed by atoms with Gasteiger partial charge in [-0.25, -0.2) is 0 Å². The van der Waals surface area contributed by atoms with Gasteiger partial charge in [0.25, 0.3) is 0 Å². The van der Waals surface area contributed by atoms with Crippen LogP contribution in [0.5, 0.6) is 0 Å². The summed E-state index contributed by atoms with van der Waals surface area (Å²) in [6.45, 7) is 12.4. The Balaban J connectivity index is 1.27. The number of nitrogens with zero attached hydrogens (tertiary/aromatic N) is 3. The molecular weight excluding hydrogens is 759 g/mol. The molecule has 0 bridgehead atoms. The monoisotopic (exact) mass is 817 g/mol. The number of piperidine rings is 1. The molecule has 3 heterocycles. The van der Waals surface area contributed by atoms with E-state index in [9.17, 15) is 0 Å². The molecule has 3 nitrogen and oxygen atoms in total. The number of hydrogen-bond acceptors (Lipinski definition) is 3. The zero-order valence-electron chi connectivity index (χ0n) is 36.1. The summed E-state index contributed by atoms with van der Waals surface area (Å²) in [6.07, 6.45) is 13.2. The number of fused-ring (bicyclic) bond motifs is 6. The molecule has 1 saturated heterocycles. The molecule has 0 aromatic heterocycles. The van der Waals surface area contributed by atoms with Crippen LogP contribution in [-0.4, -0.2) is 29.2 Å². The zero-order chi connectivity index (χ0) is 40.6. The number of anilines is 7. The lowest BCUT2D eigenvalue weighted by molar-refractivity contribution is 0.458. The Labute approximate surface area is 359 Å². The van der Waals surface area contributed by atoms with E-state index in [2.05, 4.69) is 174 Å². The highest BCUT2D eigenvalue weighted by Gasteiger charge is 2.42. The minimum Gasteiger partial charge on any atom is -0.372 e. The Hall–Kier alpha value is -5.11. The molecule has 4 aliphatic rings. The van der Waals surface area contributed by atoms with Crippen molar-refractivity contribution < 1.29 is 0 Å². The van der Waals surface area contributed by atoms with Gasteiger partial charge >= 0.3 is 0 Å². The summed E-state index contributed by atoms with van der Waals surface area (Å²) in [6, 6.07) is 52.7. The van der Waals surface area contributed by atoms with Crippen LogP contribution in [0.2, 0.25) is 26.2 Å². The van der Waals surface area contributed by atoms with Gasteiger partial charge < -0.3 is 14.7 Å². The van der Waals surface area contributed by atoms with Crippen LogP contribution in [0, 0.1) is 5.92 Å². The summed E-state index contributed by atoms with van der Waals surface area (Å²) in [4.78, 5) is 8.04. The summed E-state index contributed by atoms with van der Waals surface area (Å²) in [5, 5.41) is 11.4. The maximum Gasteiger partial charge on any atom is 0.117 e. The summed E-state index contributed by atoms with van der Waals surface area (Å²) in [7, 11) is -4.00. The van der Waals surface area contributed by atoms with Gasteiger partial charge in [-0.1, -0.05) is 156 Å². The molecule has 3 aliphatic heterocycles. The Morgan fingerprint density at radius 1 is 0.433 bits per heavy atom. The molecule has 11 rings (SSSR count). The molecule has 1 saturated carbocycles. The van der Waals surface area contributed by atoms with Crippen LogP contribution in [0.3, 0.4) is 0 Å². The minimum atomic E-state index is -2.00. The van der Waals surface area contributed by atoms with E-state index in [-0.39, 0.29) is 0 Å². The van der Waals surface area contributed by atoms with E-state index in [0.717, 1.165) is 25.4 Å². The maximum absolute atomic E-state index is 2.70. The zero-order valence-corrected chi connectivity index (χ0v) is 38.1. The minimum absolute atomic E-state index is 0.747. The quantitative estimate of drug-likeness (QED) is 0.0973. The van der Waals surface area contributed by atoms with Gasteiger partial charge in [-0.3, -0.25) is 0 Å². The third kappa shape index (κ3) is 6.01. The Kier molecular flexibility index (Phi) is 9.35. The van der Waals surface area contributed by atoms with Crippen molar-refractivity contribution in [1.29, 1.82) is 0 Å². The molecule has 0 spiro atoms. The number of rotatable bonds is 5. The van der Waals surface area contributed by atoms with Crippen molar-refractivity contribution >= 4 is 98.3 Å². The molecule has 302 valence electrons. The molecule has 0 unspecified atom stereocenters. The van der Waals surface area contributed by atoms with E-state index in [1.165, 1.54) is 145 Å². The molecule has 2 fully saturated rings. The van der Waals surface area contributed by atoms with Gasteiger partial charge in [-0.2, -0.15) is 0 Å². The summed E-state index contributed by atoms with van der Waals surface area (Å²) < 4.78 is 0. The topological polar surface area (TPSA) is 9.72 Å². The van der Waals surface area contributed by atoms with Crippen molar-refractivity contribution in [2.24, 2.45) is 5.92 Å². The van der Waals surface area contributed by atoms with E-state index in [0.29, 0.717) is 0 Å². The van der Waals surface area contributed by atoms with Gasteiger partial charge in [0.05, 0.1) is 11.4 Å². The standard InChI is InChI=1S/C55H59N3Si2/c1-59(2)50-26-14-10-22-46(50)57(47-23-11-15-27-51(47)59)54-43-33-31-41(56-34-18-7-19-35-56)38-45(43)55(42-32-30-40(37-44(42)54)36-39-20-8-5-6-9-21-39)58-48-24-12-16-28-52(48)60(3,4)53-29-17-13-25-49(53)58/h10-17,22-33,37-39H,5-9,18-21,34-36H2,1-4H3. The van der Waals surface area contributed by atoms with Crippen molar-refractivity contribution in [3.8, 4) is 0 Å². The molecule has 0 N–H and O–H groups in total. The Bertz CT molecular complexity index is 2670. The average molecular weight is 818 g/mol. The van der Waals surface area contributed by atoms with Crippen molar-refractivity contribution in [2.75, 3.05) is 27.8 Å². The van der Waals surface area contributed by atoms with Gasteiger partial charge in [0, 0.05) is 63.1 Å². The Morgan fingerprint density at radius 3 is 1.33 bits per heavy atom.